The number of ether oxygens (including phenoxy) is 1. The molecule has 2 amide bonds. The molecule has 1 aliphatic rings. The molecule has 0 spiro atoms. The summed E-state index contributed by atoms with van der Waals surface area (Å²) >= 11 is 12.2. The van der Waals surface area contributed by atoms with Gasteiger partial charge in [-0.3, -0.25) is 14.5 Å². The van der Waals surface area contributed by atoms with E-state index in [1.165, 1.54) is 11.0 Å². The number of carbonyl (C=O) groups excluding carboxylic acids is 2. The van der Waals surface area contributed by atoms with E-state index in [4.69, 9.17) is 28.6 Å². The molecule has 0 unspecified atom stereocenters. The van der Waals surface area contributed by atoms with Gasteiger partial charge in [0.1, 0.15) is 10.9 Å². The Hall–Kier alpha value is -2.55. The number of benzene rings is 2. The molecule has 2 N–H and O–H groups in total. The molecule has 2 aromatic rings. The van der Waals surface area contributed by atoms with Crippen LogP contribution in [0.2, 0.25) is 5.02 Å². The monoisotopic (exact) mass is 448 g/mol. The predicted octanol–water partition coefficient (Wildman–Crippen LogP) is 4.28. The zero-order valence-corrected chi connectivity index (χ0v) is 17.7. The number of thioether (sulfide) groups is 1. The van der Waals surface area contributed by atoms with Crippen LogP contribution in [0.5, 0.6) is 11.5 Å². The molecule has 1 aliphatic heterocycles. The summed E-state index contributed by atoms with van der Waals surface area (Å²) in [5.74, 6) is -0.361. The van der Waals surface area contributed by atoms with E-state index in [1.54, 1.807) is 42.5 Å². The molecule has 1 saturated heterocycles. The first-order valence-corrected chi connectivity index (χ1v) is 10.2. The molecule has 1 fully saturated rings. The predicted molar refractivity (Wildman–Crippen MR) is 119 cm³/mol. The Morgan fingerprint density at radius 2 is 2.03 bits per heavy atom. The van der Waals surface area contributed by atoms with Gasteiger partial charge in [-0.1, -0.05) is 41.6 Å². The maximum absolute atomic E-state index is 12.7. The number of amides is 2. The standard InChI is InChI=1S/C20H17ClN2O4S2/c1-2-27-16-9-12(3-8-15(16)24)10-17-19(26)23(20(28)29-17)11-18(25)22-14-6-4-13(21)5-7-14/h3-10,24H,2,11H2,1H3,(H,22,25)/b17-10-. The smallest absolute Gasteiger partial charge is 0.266 e. The second-order valence-electron chi connectivity index (χ2n) is 5.98. The fraction of sp³-hybridized carbons (Fsp3) is 0.150. The first-order chi connectivity index (χ1) is 13.9. The molecule has 1 heterocycles. The normalized spacial score (nSPS) is 15.1. The van der Waals surface area contributed by atoms with Crippen LogP contribution in [0.25, 0.3) is 6.08 Å². The number of rotatable bonds is 6. The highest BCUT2D eigenvalue weighted by Crippen LogP contribution is 2.34. The third-order valence-electron chi connectivity index (χ3n) is 3.88. The molecule has 9 heteroatoms. The van der Waals surface area contributed by atoms with Gasteiger partial charge in [-0.15, -0.1) is 0 Å². The molecule has 3 rings (SSSR count). The molecule has 29 heavy (non-hydrogen) atoms. The largest absolute Gasteiger partial charge is 0.504 e. The Kier molecular flexibility index (Phi) is 6.79. The van der Waals surface area contributed by atoms with Crippen LogP contribution in [0.3, 0.4) is 0 Å². The van der Waals surface area contributed by atoms with Crippen LogP contribution in [0, 0.1) is 0 Å². The molecule has 0 saturated carbocycles. The summed E-state index contributed by atoms with van der Waals surface area (Å²) in [6, 6.07) is 11.5. The summed E-state index contributed by atoms with van der Waals surface area (Å²) in [6.45, 7) is 2.03. The Morgan fingerprint density at radius 3 is 2.72 bits per heavy atom. The highest BCUT2D eigenvalue weighted by molar-refractivity contribution is 8.26. The highest BCUT2D eigenvalue weighted by atomic mass is 35.5. The van der Waals surface area contributed by atoms with Crippen molar-refractivity contribution >= 4 is 63.5 Å². The zero-order valence-electron chi connectivity index (χ0n) is 15.3. The minimum Gasteiger partial charge on any atom is -0.504 e. The Labute approximate surface area is 182 Å². The molecule has 0 atom stereocenters. The molecular formula is C20H17ClN2O4S2. The van der Waals surface area contributed by atoms with Crippen LogP contribution in [0.15, 0.2) is 47.4 Å². The van der Waals surface area contributed by atoms with Crippen LogP contribution in [-0.2, 0) is 9.59 Å². The molecule has 150 valence electrons. The van der Waals surface area contributed by atoms with Gasteiger partial charge in [-0.25, -0.2) is 0 Å². The van der Waals surface area contributed by atoms with Gasteiger partial charge in [-0.2, -0.15) is 0 Å². The molecule has 0 aromatic heterocycles. The lowest BCUT2D eigenvalue weighted by Crippen LogP contribution is -2.36. The van der Waals surface area contributed by atoms with Crippen molar-refractivity contribution in [3.8, 4) is 11.5 Å². The van der Waals surface area contributed by atoms with Crippen LogP contribution >= 0.6 is 35.6 Å². The van der Waals surface area contributed by atoms with Gasteiger partial charge in [0.15, 0.2) is 11.5 Å². The van der Waals surface area contributed by atoms with Gasteiger partial charge < -0.3 is 15.2 Å². The third-order valence-corrected chi connectivity index (χ3v) is 5.51. The number of nitrogens with one attached hydrogen (secondary N) is 1. The second kappa shape index (κ2) is 9.30. The number of phenolic OH excluding ortho intramolecular Hbond substituents is 1. The zero-order chi connectivity index (χ0) is 21.0. The molecular weight excluding hydrogens is 432 g/mol. The molecule has 0 aliphatic carbocycles. The van der Waals surface area contributed by atoms with Crippen LogP contribution in [0.4, 0.5) is 5.69 Å². The van der Waals surface area contributed by atoms with Gasteiger partial charge >= 0.3 is 0 Å². The van der Waals surface area contributed by atoms with Gasteiger partial charge in [0.2, 0.25) is 5.91 Å². The highest BCUT2D eigenvalue weighted by Gasteiger charge is 2.33. The van der Waals surface area contributed by atoms with E-state index in [9.17, 15) is 14.7 Å². The SMILES string of the molecule is CCOc1cc(/C=C2\SC(=S)N(CC(=O)Nc3ccc(Cl)cc3)C2=O)ccc1O. The van der Waals surface area contributed by atoms with Crippen molar-refractivity contribution in [2.75, 3.05) is 18.5 Å². The summed E-state index contributed by atoms with van der Waals surface area (Å²) in [7, 11) is 0. The second-order valence-corrected chi connectivity index (χ2v) is 8.10. The van der Waals surface area contributed by atoms with Crippen molar-refractivity contribution in [1.82, 2.24) is 4.90 Å². The van der Waals surface area contributed by atoms with Crippen LogP contribution in [0.1, 0.15) is 12.5 Å². The fourth-order valence-corrected chi connectivity index (χ4v) is 3.94. The average Bonchev–Trinajstić information content (AvgIpc) is 2.94. The van der Waals surface area contributed by atoms with Crippen molar-refractivity contribution in [1.29, 1.82) is 0 Å². The lowest BCUT2D eigenvalue weighted by Gasteiger charge is -2.14. The lowest BCUT2D eigenvalue weighted by atomic mass is 10.2. The quantitative estimate of drug-likeness (QED) is 0.507. The van der Waals surface area contributed by atoms with E-state index in [2.05, 4.69) is 5.32 Å². The van der Waals surface area contributed by atoms with Gasteiger partial charge in [-0.05, 0) is 55.0 Å². The third kappa shape index (κ3) is 5.29. The molecule has 0 radical (unpaired) electrons. The summed E-state index contributed by atoms with van der Waals surface area (Å²) in [4.78, 5) is 26.6. The first-order valence-electron chi connectivity index (χ1n) is 8.64. The van der Waals surface area contributed by atoms with Gasteiger partial charge in [0.25, 0.3) is 5.91 Å². The van der Waals surface area contributed by atoms with Gasteiger partial charge in [0.05, 0.1) is 11.5 Å². The summed E-state index contributed by atoms with van der Waals surface area (Å²) in [5.41, 5.74) is 1.25. The Bertz CT molecular complexity index is 992. The number of nitrogens with zero attached hydrogens (tertiary/aromatic N) is 1. The number of hydrogen-bond acceptors (Lipinski definition) is 6. The van der Waals surface area contributed by atoms with Crippen molar-refractivity contribution in [3.05, 3.63) is 58.0 Å². The molecule has 6 nitrogen and oxygen atoms in total. The molecule has 0 bridgehead atoms. The Morgan fingerprint density at radius 1 is 1.31 bits per heavy atom. The number of halogens is 1. The number of carbonyl (C=O) groups is 2. The van der Waals surface area contributed by atoms with E-state index >= 15 is 0 Å². The first kappa shape index (κ1) is 21.2. The minimum atomic E-state index is -0.367. The fourth-order valence-electron chi connectivity index (χ4n) is 2.56. The van der Waals surface area contributed by atoms with Crippen molar-refractivity contribution in [3.63, 3.8) is 0 Å². The van der Waals surface area contributed by atoms with E-state index in [-0.39, 0.29) is 24.1 Å². The number of hydrogen-bond donors (Lipinski definition) is 2. The number of phenols is 1. The minimum absolute atomic E-state index is 0.0235. The van der Waals surface area contributed by atoms with Crippen molar-refractivity contribution in [2.45, 2.75) is 6.92 Å². The maximum atomic E-state index is 12.7. The maximum Gasteiger partial charge on any atom is 0.266 e. The van der Waals surface area contributed by atoms with E-state index in [0.29, 0.717) is 37.9 Å². The lowest BCUT2D eigenvalue weighted by molar-refractivity contribution is -0.126. The number of thiocarbonyl (C=S) groups is 1. The van der Waals surface area contributed by atoms with Gasteiger partial charge in [0, 0.05) is 10.7 Å². The van der Waals surface area contributed by atoms with Crippen molar-refractivity contribution < 1.29 is 19.4 Å². The summed E-state index contributed by atoms with van der Waals surface area (Å²) in [5, 5.41) is 13.1. The van der Waals surface area contributed by atoms with E-state index in [0.717, 1.165) is 11.8 Å². The summed E-state index contributed by atoms with van der Waals surface area (Å²) < 4.78 is 5.66. The number of anilines is 1. The average molecular weight is 449 g/mol. The van der Waals surface area contributed by atoms with E-state index in [1.807, 2.05) is 6.92 Å². The van der Waals surface area contributed by atoms with Crippen LogP contribution in [-0.4, -0.2) is 39.3 Å². The van der Waals surface area contributed by atoms with Crippen LogP contribution < -0.4 is 10.1 Å². The Balaban J connectivity index is 1.70. The van der Waals surface area contributed by atoms with E-state index < -0.39 is 0 Å². The number of aromatic hydroxyl groups is 1. The topological polar surface area (TPSA) is 78.9 Å². The molecule has 2 aromatic carbocycles. The van der Waals surface area contributed by atoms with Crippen molar-refractivity contribution in [2.24, 2.45) is 0 Å². The summed E-state index contributed by atoms with van der Waals surface area (Å²) in [6.07, 6.45) is 1.65.